The number of nitrogens with zero attached hydrogens (tertiary/aromatic N) is 1. The number of nitrogen functional groups attached to an aromatic ring is 1. The molecule has 0 saturated carbocycles. The van der Waals surface area contributed by atoms with Gasteiger partial charge < -0.3 is 5.43 Å². The molecule has 0 atom stereocenters. The van der Waals surface area contributed by atoms with Gasteiger partial charge in [0.05, 0.1) is 21.2 Å². The van der Waals surface area contributed by atoms with Crippen LogP contribution in [-0.4, -0.2) is 4.98 Å². The molecule has 0 fully saturated rings. The number of nitrogens with two attached hydrogens (primary N) is 1. The van der Waals surface area contributed by atoms with Gasteiger partial charge in [-0.05, 0) is 25.1 Å². The van der Waals surface area contributed by atoms with Crippen LogP contribution < -0.4 is 11.3 Å². The van der Waals surface area contributed by atoms with Crippen LogP contribution in [0.5, 0.6) is 0 Å². The summed E-state index contributed by atoms with van der Waals surface area (Å²) in [5.41, 5.74) is 5.05. The number of aryl methyl sites for hydroxylation is 1. The summed E-state index contributed by atoms with van der Waals surface area (Å²) >= 11 is 11.8. The largest absolute Gasteiger partial charge is 0.323 e. The number of aromatic nitrogens is 1. The standard InChI is InChI=1S/C10H9Cl2N3/c1-5-2-10(15-13)6-3-7(11)8(12)4-9(6)14-5/h2-4H,13H2,1H3,(H,14,15). The van der Waals surface area contributed by atoms with Gasteiger partial charge in [-0.15, -0.1) is 0 Å². The second-order valence-electron chi connectivity index (χ2n) is 3.24. The van der Waals surface area contributed by atoms with Crippen molar-refractivity contribution >= 4 is 39.8 Å². The van der Waals surface area contributed by atoms with Crippen LogP contribution in [0.3, 0.4) is 0 Å². The zero-order valence-corrected chi connectivity index (χ0v) is 9.52. The average Bonchev–Trinajstić information content (AvgIpc) is 2.19. The third kappa shape index (κ3) is 1.86. The van der Waals surface area contributed by atoms with Gasteiger partial charge >= 0.3 is 0 Å². The Hall–Kier alpha value is -1.03. The number of halogens is 2. The highest BCUT2D eigenvalue weighted by Gasteiger charge is 2.06. The van der Waals surface area contributed by atoms with E-state index in [0.717, 1.165) is 22.3 Å². The number of nitrogens with one attached hydrogen (secondary N) is 1. The predicted molar refractivity (Wildman–Crippen MR) is 64.3 cm³/mol. The number of hydrogen-bond acceptors (Lipinski definition) is 3. The van der Waals surface area contributed by atoms with Gasteiger partial charge in [0, 0.05) is 11.1 Å². The number of rotatable bonds is 1. The van der Waals surface area contributed by atoms with Crippen LogP contribution in [-0.2, 0) is 0 Å². The number of fused-ring (bicyclic) bond motifs is 1. The number of hydrogen-bond donors (Lipinski definition) is 2. The number of benzene rings is 1. The second kappa shape index (κ2) is 3.85. The average molecular weight is 242 g/mol. The van der Waals surface area contributed by atoms with Crippen LogP contribution >= 0.6 is 23.2 Å². The smallest absolute Gasteiger partial charge is 0.0742 e. The first kappa shape index (κ1) is 10.5. The van der Waals surface area contributed by atoms with Gasteiger partial charge in [-0.3, -0.25) is 10.8 Å². The highest BCUT2D eigenvalue weighted by Crippen LogP contribution is 2.30. The molecule has 0 spiro atoms. The first-order valence-electron chi connectivity index (χ1n) is 4.35. The van der Waals surface area contributed by atoms with Crippen LogP contribution in [0.15, 0.2) is 18.2 Å². The molecule has 1 heterocycles. The minimum atomic E-state index is 0.491. The lowest BCUT2D eigenvalue weighted by Gasteiger charge is -2.08. The SMILES string of the molecule is Cc1cc(NN)c2cc(Cl)c(Cl)cc2n1. The predicted octanol–water partition coefficient (Wildman–Crippen LogP) is 3.14. The third-order valence-electron chi connectivity index (χ3n) is 2.13. The van der Waals surface area contributed by atoms with Crippen molar-refractivity contribution < 1.29 is 0 Å². The summed E-state index contributed by atoms with van der Waals surface area (Å²) in [5.74, 6) is 5.42. The fraction of sp³-hybridized carbons (Fsp3) is 0.100. The molecule has 3 nitrogen and oxygen atoms in total. The molecule has 1 aromatic carbocycles. The van der Waals surface area contributed by atoms with E-state index in [-0.39, 0.29) is 0 Å². The van der Waals surface area contributed by atoms with Gasteiger partial charge in [0.1, 0.15) is 0 Å². The molecule has 0 amide bonds. The van der Waals surface area contributed by atoms with Gasteiger partial charge in [-0.25, -0.2) is 0 Å². The molecule has 0 bridgehead atoms. The fourth-order valence-corrected chi connectivity index (χ4v) is 1.79. The highest BCUT2D eigenvalue weighted by atomic mass is 35.5. The molecule has 2 aromatic rings. The Balaban J connectivity index is 2.84. The van der Waals surface area contributed by atoms with Crippen LogP contribution in [0.25, 0.3) is 10.9 Å². The molecule has 1 aromatic heterocycles. The maximum atomic E-state index is 5.93. The summed E-state index contributed by atoms with van der Waals surface area (Å²) in [7, 11) is 0. The van der Waals surface area contributed by atoms with E-state index >= 15 is 0 Å². The van der Waals surface area contributed by atoms with Gasteiger partial charge in [0.25, 0.3) is 0 Å². The van der Waals surface area contributed by atoms with E-state index in [1.165, 1.54) is 0 Å². The molecular formula is C10H9Cl2N3. The van der Waals surface area contributed by atoms with Crippen LogP contribution in [0.1, 0.15) is 5.69 Å². The van der Waals surface area contributed by atoms with Crippen molar-refractivity contribution in [2.24, 2.45) is 5.84 Å². The van der Waals surface area contributed by atoms with E-state index in [2.05, 4.69) is 10.4 Å². The monoisotopic (exact) mass is 241 g/mol. The van der Waals surface area contributed by atoms with Crippen molar-refractivity contribution in [3.05, 3.63) is 33.9 Å². The van der Waals surface area contributed by atoms with Crippen LogP contribution in [0.4, 0.5) is 5.69 Å². The summed E-state index contributed by atoms with van der Waals surface area (Å²) in [6.45, 7) is 1.89. The summed E-state index contributed by atoms with van der Waals surface area (Å²) < 4.78 is 0. The molecule has 0 aliphatic carbocycles. The van der Waals surface area contributed by atoms with Crippen LogP contribution in [0, 0.1) is 6.92 Å². The van der Waals surface area contributed by atoms with Gasteiger partial charge in [0.2, 0.25) is 0 Å². The second-order valence-corrected chi connectivity index (χ2v) is 4.05. The van der Waals surface area contributed by atoms with Crippen molar-refractivity contribution in [3.8, 4) is 0 Å². The molecule has 0 radical (unpaired) electrons. The van der Waals surface area contributed by atoms with Crippen molar-refractivity contribution in [2.75, 3.05) is 5.43 Å². The van der Waals surface area contributed by atoms with E-state index < -0.39 is 0 Å². The lowest BCUT2D eigenvalue weighted by Crippen LogP contribution is -2.07. The Bertz CT molecular complexity index is 526. The summed E-state index contributed by atoms with van der Waals surface area (Å²) in [6, 6.07) is 5.33. The molecule has 0 saturated heterocycles. The minimum Gasteiger partial charge on any atom is -0.323 e. The van der Waals surface area contributed by atoms with Crippen molar-refractivity contribution in [1.82, 2.24) is 4.98 Å². The Morgan fingerprint density at radius 1 is 1.20 bits per heavy atom. The van der Waals surface area contributed by atoms with Gasteiger partial charge in [-0.1, -0.05) is 23.2 Å². The maximum Gasteiger partial charge on any atom is 0.0742 e. The fourth-order valence-electron chi connectivity index (χ4n) is 1.47. The van der Waals surface area contributed by atoms with Crippen molar-refractivity contribution in [2.45, 2.75) is 6.92 Å². The number of anilines is 1. The third-order valence-corrected chi connectivity index (χ3v) is 2.86. The summed E-state index contributed by atoms with van der Waals surface area (Å²) in [5, 5.41) is 1.84. The maximum absolute atomic E-state index is 5.93. The molecule has 5 heteroatoms. The molecule has 0 aliphatic rings. The van der Waals surface area contributed by atoms with E-state index in [4.69, 9.17) is 29.0 Å². The number of pyridine rings is 1. The molecule has 0 unspecified atom stereocenters. The Morgan fingerprint density at radius 2 is 1.87 bits per heavy atom. The molecule has 3 N–H and O–H groups in total. The Labute approximate surface area is 97.2 Å². The molecule has 78 valence electrons. The molecule has 15 heavy (non-hydrogen) atoms. The lowest BCUT2D eigenvalue weighted by molar-refractivity contribution is 1.24. The Kier molecular flexibility index (Phi) is 2.69. The van der Waals surface area contributed by atoms with Crippen molar-refractivity contribution in [3.63, 3.8) is 0 Å². The number of hydrazine groups is 1. The zero-order chi connectivity index (χ0) is 11.0. The zero-order valence-electron chi connectivity index (χ0n) is 8.01. The highest BCUT2D eigenvalue weighted by molar-refractivity contribution is 6.42. The van der Waals surface area contributed by atoms with Gasteiger partial charge in [-0.2, -0.15) is 0 Å². The van der Waals surface area contributed by atoms with Gasteiger partial charge in [0.15, 0.2) is 0 Å². The minimum absolute atomic E-state index is 0.491. The summed E-state index contributed by atoms with van der Waals surface area (Å²) in [4.78, 5) is 4.35. The van der Waals surface area contributed by atoms with E-state index in [9.17, 15) is 0 Å². The normalized spacial score (nSPS) is 10.7. The van der Waals surface area contributed by atoms with Crippen molar-refractivity contribution in [1.29, 1.82) is 0 Å². The topological polar surface area (TPSA) is 50.9 Å². The molecular weight excluding hydrogens is 233 g/mol. The quantitative estimate of drug-likeness (QED) is 0.596. The van der Waals surface area contributed by atoms with E-state index in [1.807, 2.05) is 13.0 Å². The molecule has 0 aliphatic heterocycles. The first-order chi connectivity index (χ1) is 7.11. The summed E-state index contributed by atoms with van der Waals surface area (Å²) in [6.07, 6.45) is 0. The Morgan fingerprint density at radius 3 is 2.53 bits per heavy atom. The van der Waals surface area contributed by atoms with E-state index in [1.54, 1.807) is 12.1 Å². The lowest BCUT2D eigenvalue weighted by atomic mass is 10.1. The first-order valence-corrected chi connectivity index (χ1v) is 5.10. The van der Waals surface area contributed by atoms with Crippen LogP contribution in [0.2, 0.25) is 10.0 Å². The van der Waals surface area contributed by atoms with E-state index in [0.29, 0.717) is 10.0 Å². The molecule has 2 rings (SSSR count).